The second-order valence-electron chi connectivity index (χ2n) is 6.55. The van der Waals surface area contributed by atoms with Crippen LogP contribution in [0.25, 0.3) is 0 Å². The zero-order valence-electron chi connectivity index (χ0n) is 10.6. The molecule has 4 aliphatic carbocycles. The minimum atomic E-state index is 0.286. The largest absolute Gasteiger partial charge is 0.293 e. The first-order valence-electron chi connectivity index (χ1n) is 7.11. The van der Waals surface area contributed by atoms with E-state index in [-0.39, 0.29) is 5.92 Å². The Balaban J connectivity index is 1.63. The van der Waals surface area contributed by atoms with Gasteiger partial charge in [-0.05, 0) is 77.8 Å². The standard InChI is InChI=1S/C15H16BrClOS/c16-11-6-12(19-15(11)17)14(18)13-9-2-7-1-8(4-9)5-10(13)3-7/h6-10,13H,1-5H2. The highest BCUT2D eigenvalue weighted by atomic mass is 79.9. The molecule has 0 amide bonds. The number of hydrogen-bond donors (Lipinski definition) is 0. The van der Waals surface area contributed by atoms with Gasteiger partial charge in [-0.2, -0.15) is 0 Å². The van der Waals surface area contributed by atoms with Gasteiger partial charge in [-0.15, -0.1) is 11.3 Å². The monoisotopic (exact) mass is 358 g/mol. The maximum absolute atomic E-state index is 12.8. The van der Waals surface area contributed by atoms with Crippen LogP contribution in [0.5, 0.6) is 0 Å². The number of carbonyl (C=O) groups is 1. The van der Waals surface area contributed by atoms with Crippen molar-refractivity contribution in [3.63, 3.8) is 0 Å². The number of hydrogen-bond acceptors (Lipinski definition) is 2. The van der Waals surface area contributed by atoms with E-state index in [4.69, 9.17) is 11.6 Å². The predicted molar refractivity (Wildman–Crippen MR) is 81.9 cm³/mol. The summed E-state index contributed by atoms with van der Waals surface area (Å²) in [5.74, 6) is 3.81. The molecular formula is C15H16BrClOS. The predicted octanol–water partition coefficient (Wildman–Crippen LogP) is 5.42. The molecule has 1 aromatic rings. The SMILES string of the molecule is O=C(c1cc(Br)c(Cl)s1)C1C2CC3CC(C2)CC1C3. The zero-order chi connectivity index (χ0) is 13.1. The molecule has 0 spiro atoms. The fraction of sp³-hybridized carbons (Fsp3) is 0.667. The number of halogens is 2. The zero-order valence-corrected chi connectivity index (χ0v) is 13.7. The number of ketones is 1. The third-order valence-electron chi connectivity index (χ3n) is 5.42. The summed E-state index contributed by atoms with van der Waals surface area (Å²) in [5.41, 5.74) is 0. The summed E-state index contributed by atoms with van der Waals surface area (Å²) in [5, 5.41) is 0. The lowest BCUT2D eigenvalue weighted by Crippen LogP contribution is -2.47. The lowest BCUT2D eigenvalue weighted by atomic mass is 9.51. The van der Waals surface area contributed by atoms with Crippen LogP contribution in [-0.4, -0.2) is 5.78 Å². The molecule has 4 bridgehead atoms. The first kappa shape index (κ1) is 12.8. The van der Waals surface area contributed by atoms with Crippen molar-refractivity contribution in [3.05, 3.63) is 19.8 Å². The van der Waals surface area contributed by atoms with Crippen LogP contribution in [-0.2, 0) is 0 Å². The minimum Gasteiger partial charge on any atom is -0.293 e. The van der Waals surface area contributed by atoms with Gasteiger partial charge < -0.3 is 0 Å². The maximum Gasteiger partial charge on any atom is 0.176 e. The van der Waals surface area contributed by atoms with Crippen LogP contribution < -0.4 is 0 Å². The van der Waals surface area contributed by atoms with Crippen LogP contribution in [0.2, 0.25) is 4.34 Å². The number of Topliss-reactive ketones (excluding diaryl/α,β-unsaturated/α-hetero) is 1. The van der Waals surface area contributed by atoms with Gasteiger partial charge in [0.25, 0.3) is 0 Å². The average molecular weight is 360 g/mol. The van der Waals surface area contributed by atoms with Gasteiger partial charge in [-0.25, -0.2) is 0 Å². The molecule has 1 aromatic heterocycles. The molecule has 19 heavy (non-hydrogen) atoms. The van der Waals surface area contributed by atoms with E-state index < -0.39 is 0 Å². The molecular weight excluding hydrogens is 344 g/mol. The quantitative estimate of drug-likeness (QED) is 0.644. The summed E-state index contributed by atoms with van der Waals surface area (Å²) < 4.78 is 1.57. The molecule has 0 aromatic carbocycles. The second kappa shape index (κ2) is 4.57. The molecule has 102 valence electrons. The van der Waals surface area contributed by atoms with Crippen molar-refractivity contribution in [1.29, 1.82) is 0 Å². The van der Waals surface area contributed by atoms with Crippen molar-refractivity contribution >= 4 is 44.7 Å². The van der Waals surface area contributed by atoms with Gasteiger partial charge in [-0.1, -0.05) is 11.6 Å². The summed E-state index contributed by atoms with van der Waals surface area (Å²) in [6.07, 6.45) is 6.62. The normalized spacial score (nSPS) is 39.8. The third-order valence-corrected chi connectivity index (χ3v) is 7.91. The van der Waals surface area contributed by atoms with Crippen molar-refractivity contribution < 1.29 is 4.79 Å². The molecule has 4 heteroatoms. The molecule has 1 heterocycles. The summed E-state index contributed by atoms with van der Waals surface area (Å²) in [4.78, 5) is 13.7. The topological polar surface area (TPSA) is 17.1 Å². The molecule has 4 aliphatic rings. The number of rotatable bonds is 2. The fourth-order valence-electron chi connectivity index (χ4n) is 4.99. The highest BCUT2D eigenvalue weighted by molar-refractivity contribution is 9.10. The smallest absolute Gasteiger partial charge is 0.176 e. The Morgan fingerprint density at radius 1 is 1.16 bits per heavy atom. The minimum absolute atomic E-state index is 0.286. The van der Waals surface area contributed by atoms with Crippen molar-refractivity contribution in [1.82, 2.24) is 0 Å². The average Bonchev–Trinajstić information content (AvgIpc) is 2.68. The van der Waals surface area contributed by atoms with Gasteiger partial charge in [-0.3, -0.25) is 4.79 Å². The summed E-state index contributed by atoms with van der Waals surface area (Å²) >= 11 is 10.9. The lowest BCUT2D eigenvalue weighted by molar-refractivity contribution is -0.0249. The third kappa shape index (κ3) is 2.04. The highest BCUT2D eigenvalue weighted by Crippen LogP contribution is 2.57. The molecule has 0 saturated heterocycles. The van der Waals surface area contributed by atoms with E-state index in [0.717, 1.165) is 21.2 Å². The number of thiophene rings is 1. The molecule has 4 saturated carbocycles. The molecule has 0 atom stereocenters. The van der Waals surface area contributed by atoms with Gasteiger partial charge in [0, 0.05) is 10.4 Å². The van der Waals surface area contributed by atoms with Gasteiger partial charge in [0.2, 0.25) is 0 Å². The van der Waals surface area contributed by atoms with Crippen molar-refractivity contribution in [2.45, 2.75) is 32.1 Å². The van der Waals surface area contributed by atoms with E-state index in [1.807, 2.05) is 6.07 Å². The van der Waals surface area contributed by atoms with Crippen molar-refractivity contribution in [3.8, 4) is 0 Å². The van der Waals surface area contributed by atoms with E-state index in [2.05, 4.69) is 15.9 Å². The summed E-state index contributed by atoms with van der Waals surface area (Å²) in [6.45, 7) is 0. The first-order valence-corrected chi connectivity index (χ1v) is 9.09. The second-order valence-corrected chi connectivity index (χ2v) is 9.06. The van der Waals surface area contributed by atoms with Crippen molar-refractivity contribution in [2.75, 3.05) is 0 Å². The van der Waals surface area contributed by atoms with Crippen LogP contribution in [0, 0.1) is 29.6 Å². The Morgan fingerprint density at radius 3 is 2.21 bits per heavy atom. The van der Waals surface area contributed by atoms with Gasteiger partial charge >= 0.3 is 0 Å². The van der Waals surface area contributed by atoms with E-state index in [1.54, 1.807) is 0 Å². The molecule has 0 aliphatic heterocycles. The van der Waals surface area contributed by atoms with Crippen LogP contribution in [0.4, 0.5) is 0 Å². The van der Waals surface area contributed by atoms with Gasteiger partial charge in [0.15, 0.2) is 5.78 Å². The van der Waals surface area contributed by atoms with E-state index in [9.17, 15) is 4.79 Å². The lowest BCUT2D eigenvalue weighted by Gasteiger charge is -2.53. The molecule has 5 rings (SSSR count). The highest BCUT2D eigenvalue weighted by Gasteiger charge is 2.50. The van der Waals surface area contributed by atoms with Crippen LogP contribution in [0.3, 0.4) is 0 Å². The van der Waals surface area contributed by atoms with Crippen LogP contribution in [0.15, 0.2) is 10.5 Å². The van der Waals surface area contributed by atoms with E-state index in [0.29, 0.717) is 22.0 Å². The Kier molecular flexibility index (Phi) is 3.09. The molecule has 0 unspecified atom stereocenters. The Bertz CT molecular complexity index is 491. The first-order chi connectivity index (χ1) is 9.11. The molecule has 1 nitrogen and oxygen atoms in total. The molecule has 0 N–H and O–H groups in total. The molecule has 4 fully saturated rings. The molecule has 0 radical (unpaired) electrons. The Hall–Kier alpha value is 0.140. The van der Waals surface area contributed by atoms with Crippen LogP contribution in [0.1, 0.15) is 41.8 Å². The van der Waals surface area contributed by atoms with Crippen LogP contribution >= 0.6 is 38.9 Å². The summed E-state index contributed by atoms with van der Waals surface area (Å²) in [6, 6.07) is 1.92. The summed E-state index contributed by atoms with van der Waals surface area (Å²) in [7, 11) is 0. The maximum atomic E-state index is 12.8. The fourth-order valence-corrected chi connectivity index (χ4v) is 6.68. The van der Waals surface area contributed by atoms with Gasteiger partial charge in [0.1, 0.15) is 4.34 Å². The number of carbonyl (C=O) groups excluding carboxylic acids is 1. The Morgan fingerprint density at radius 2 is 1.74 bits per heavy atom. The van der Waals surface area contributed by atoms with Gasteiger partial charge in [0.05, 0.1) is 4.88 Å². The van der Waals surface area contributed by atoms with Crippen molar-refractivity contribution in [2.24, 2.45) is 29.6 Å². The van der Waals surface area contributed by atoms with E-state index >= 15 is 0 Å². The van der Waals surface area contributed by atoms with E-state index in [1.165, 1.54) is 43.4 Å². The Labute approximate surface area is 130 Å².